The zero-order valence-corrected chi connectivity index (χ0v) is 12.9. The summed E-state index contributed by atoms with van der Waals surface area (Å²) in [7, 11) is 0. The molecule has 0 saturated carbocycles. The first kappa shape index (κ1) is 14.4. The van der Waals surface area contributed by atoms with Gasteiger partial charge in [0.2, 0.25) is 0 Å². The number of likely N-dealkylation sites (tertiary alicyclic amines) is 1. The monoisotopic (exact) mass is 303 g/mol. The van der Waals surface area contributed by atoms with Gasteiger partial charge in [-0.05, 0) is 36.4 Å². The molecule has 1 fully saturated rings. The average Bonchev–Trinajstić information content (AvgIpc) is 2.93. The summed E-state index contributed by atoms with van der Waals surface area (Å²) >= 11 is 1.43. The van der Waals surface area contributed by atoms with Crippen LogP contribution >= 0.6 is 11.5 Å². The van der Waals surface area contributed by atoms with Gasteiger partial charge in [-0.1, -0.05) is 30.3 Å². The number of aromatic nitrogens is 1. The van der Waals surface area contributed by atoms with Gasteiger partial charge < -0.3 is 10.3 Å². The minimum atomic E-state index is 0.0477. The van der Waals surface area contributed by atoms with E-state index in [0.717, 1.165) is 38.9 Å². The smallest absolute Gasteiger partial charge is 0.279 e. The summed E-state index contributed by atoms with van der Waals surface area (Å²) in [6.07, 6.45) is 3.31. The Morgan fingerprint density at radius 3 is 2.57 bits per heavy atom. The van der Waals surface area contributed by atoms with E-state index < -0.39 is 0 Å². The standard InChI is InChI=1S/C16H21N3OS/c20-16-9-13-21-19(16)17-15-7-11-18(12-8-15)10-6-14-4-2-1-3-5-14/h1-5,9,13,15,17H,6-8,10-12H2. The number of hydrogen-bond acceptors (Lipinski definition) is 4. The fourth-order valence-electron chi connectivity index (χ4n) is 2.75. The molecule has 0 spiro atoms. The molecule has 112 valence electrons. The molecule has 0 amide bonds. The molecule has 5 heteroatoms. The second-order valence-electron chi connectivity index (χ2n) is 5.52. The summed E-state index contributed by atoms with van der Waals surface area (Å²) in [6, 6.07) is 12.7. The third kappa shape index (κ3) is 3.95. The van der Waals surface area contributed by atoms with Crippen LogP contribution in [0.25, 0.3) is 0 Å². The molecule has 1 aliphatic heterocycles. The molecule has 2 aromatic rings. The zero-order valence-electron chi connectivity index (χ0n) is 12.1. The van der Waals surface area contributed by atoms with Crippen molar-refractivity contribution in [3.63, 3.8) is 0 Å². The summed E-state index contributed by atoms with van der Waals surface area (Å²) in [4.78, 5) is 14.0. The Balaban J connectivity index is 1.43. The highest BCUT2D eigenvalue weighted by Crippen LogP contribution is 2.12. The van der Waals surface area contributed by atoms with E-state index in [1.165, 1.54) is 17.1 Å². The van der Waals surface area contributed by atoms with Gasteiger partial charge in [-0.3, -0.25) is 4.79 Å². The maximum absolute atomic E-state index is 11.5. The van der Waals surface area contributed by atoms with E-state index in [1.54, 1.807) is 10.1 Å². The Kier molecular flexibility index (Phi) is 4.72. The van der Waals surface area contributed by atoms with Crippen LogP contribution in [0, 0.1) is 0 Å². The minimum Gasteiger partial charge on any atom is -0.310 e. The van der Waals surface area contributed by atoms with E-state index in [2.05, 4.69) is 40.7 Å². The van der Waals surface area contributed by atoms with E-state index in [-0.39, 0.29) is 5.56 Å². The van der Waals surface area contributed by atoms with Gasteiger partial charge >= 0.3 is 0 Å². The fraction of sp³-hybridized carbons (Fsp3) is 0.438. The molecule has 1 aromatic carbocycles. The Labute approximate surface area is 129 Å². The van der Waals surface area contributed by atoms with Crippen molar-refractivity contribution in [1.29, 1.82) is 0 Å². The molecule has 1 aromatic heterocycles. The third-order valence-electron chi connectivity index (χ3n) is 4.02. The van der Waals surface area contributed by atoms with Crippen LogP contribution in [-0.2, 0) is 6.42 Å². The summed E-state index contributed by atoms with van der Waals surface area (Å²) in [5, 5.41) is 1.82. The lowest BCUT2D eigenvalue weighted by Crippen LogP contribution is -2.43. The van der Waals surface area contributed by atoms with Crippen molar-refractivity contribution in [3.8, 4) is 0 Å². The number of rotatable bonds is 5. The minimum absolute atomic E-state index is 0.0477. The van der Waals surface area contributed by atoms with Crippen LogP contribution in [-0.4, -0.2) is 34.6 Å². The lowest BCUT2D eigenvalue weighted by atomic mass is 10.0. The Morgan fingerprint density at radius 2 is 1.90 bits per heavy atom. The molecule has 1 saturated heterocycles. The van der Waals surface area contributed by atoms with Crippen LogP contribution in [0.3, 0.4) is 0 Å². The van der Waals surface area contributed by atoms with Crippen LogP contribution in [0.1, 0.15) is 18.4 Å². The zero-order chi connectivity index (χ0) is 14.5. The second kappa shape index (κ2) is 6.91. The van der Waals surface area contributed by atoms with Gasteiger partial charge in [-0.15, -0.1) is 0 Å². The summed E-state index contributed by atoms with van der Waals surface area (Å²) < 4.78 is 1.64. The van der Waals surface area contributed by atoms with Crippen molar-refractivity contribution in [3.05, 3.63) is 57.7 Å². The highest BCUT2D eigenvalue weighted by Gasteiger charge is 2.19. The predicted molar refractivity (Wildman–Crippen MR) is 87.5 cm³/mol. The SMILES string of the molecule is O=c1ccsn1NC1CCN(CCc2ccccc2)CC1. The number of benzene rings is 1. The van der Waals surface area contributed by atoms with Gasteiger partial charge in [0.25, 0.3) is 5.56 Å². The summed E-state index contributed by atoms with van der Waals surface area (Å²) in [6.45, 7) is 3.32. The van der Waals surface area contributed by atoms with Crippen LogP contribution < -0.4 is 11.0 Å². The first-order chi connectivity index (χ1) is 10.3. The lowest BCUT2D eigenvalue weighted by Gasteiger charge is -2.32. The van der Waals surface area contributed by atoms with Gasteiger partial charge in [-0.25, -0.2) is 0 Å². The molecule has 0 unspecified atom stereocenters. The molecule has 1 N–H and O–H groups in total. The number of hydrogen-bond donors (Lipinski definition) is 1. The molecule has 0 bridgehead atoms. The molecule has 1 aliphatic rings. The topological polar surface area (TPSA) is 37.3 Å². The van der Waals surface area contributed by atoms with E-state index >= 15 is 0 Å². The molecule has 2 heterocycles. The number of piperidine rings is 1. The van der Waals surface area contributed by atoms with Crippen molar-refractivity contribution in [2.45, 2.75) is 25.3 Å². The normalized spacial score (nSPS) is 17.0. The predicted octanol–water partition coefficient (Wildman–Crippen LogP) is 2.16. The van der Waals surface area contributed by atoms with Crippen LogP contribution in [0.15, 0.2) is 46.6 Å². The average molecular weight is 303 g/mol. The van der Waals surface area contributed by atoms with E-state index in [9.17, 15) is 4.79 Å². The molecular weight excluding hydrogens is 282 g/mol. The summed E-state index contributed by atoms with van der Waals surface area (Å²) in [5.41, 5.74) is 4.77. The highest BCUT2D eigenvalue weighted by molar-refractivity contribution is 7.04. The molecule has 0 radical (unpaired) electrons. The Hall–Kier alpha value is -1.59. The first-order valence-corrected chi connectivity index (χ1v) is 8.35. The van der Waals surface area contributed by atoms with Gasteiger partial charge in [0.15, 0.2) is 0 Å². The molecule has 21 heavy (non-hydrogen) atoms. The fourth-order valence-corrected chi connectivity index (χ4v) is 3.42. The molecule has 3 rings (SSSR count). The number of nitrogens with zero attached hydrogens (tertiary/aromatic N) is 2. The van der Waals surface area contributed by atoms with Crippen molar-refractivity contribution < 1.29 is 0 Å². The molecular formula is C16H21N3OS. The van der Waals surface area contributed by atoms with Crippen LogP contribution in [0.2, 0.25) is 0 Å². The molecule has 0 atom stereocenters. The van der Waals surface area contributed by atoms with E-state index in [0.29, 0.717) is 6.04 Å². The van der Waals surface area contributed by atoms with Gasteiger partial charge in [-0.2, -0.15) is 4.07 Å². The lowest BCUT2D eigenvalue weighted by molar-refractivity contribution is 0.217. The number of nitrogens with one attached hydrogen (secondary N) is 1. The summed E-state index contributed by atoms with van der Waals surface area (Å²) in [5.74, 6) is 0. The van der Waals surface area contributed by atoms with Crippen molar-refractivity contribution in [1.82, 2.24) is 8.97 Å². The maximum atomic E-state index is 11.5. The van der Waals surface area contributed by atoms with Crippen molar-refractivity contribution in [2.24, 2.45) is 0 Å². The highest BCUT2D eigenvalue weighted by atomic mass is 32.1. The third-order valence-corrected chi connectivity index (χ3v) is 4.78. The van der Waals surface area contributed by atoms with Crippen molar-refractivity contribution in [2.75, 3.05) is 25.1 Å². The van der Waals surface area contributed by atoms with Crippen molar-refractivity contribution >= 4 is 11.5 Å². The first-order valence-electron chi connectivity index (χ1n) is 7.51. The molecule has 4 nitrogen and oxygen atoms in total. The van der Waals surface area contributed by atoms with Gasteiger partial charge in [0.05, 0.1) is 0 Å². The van der Waals surface area contributed by atoms with Gasteiger partial charge in [0.1, 0.15) is 0 Å². The van der Waals surface area contributed by atoms with Crippen LogP contribution in [0.4, 0.5) is 0 Å². The van der Waals surface area contributed by atoms with Gasteiger partial charge in [0, 0.05) is 37.1 Å². The molecule has 0 aliphatic carbocycles. The van der Waals surface area contributed by atoms with E-state index in [1.807, 2.05) is 5.38 Å². The largest absolute Gasteiger partial charge is 0.310 e. The Morgan fingerprint density at radius 1 is 1.14 bits per heavy atom. The maximum Gasteiger partial charge on any atom is 0.279 e. The van der Waals surface area contributed by atoms with E-state index in [4.69, 9.17) is 0 Å². The van der Waals surface area contributed by atoms with Crippen LogP contribution in [0.5, 0.6) is 0 Å². The quantitative estimate of drug-likeness (QED) is 0.920. The Bertz CT molecular complexity index is 599. The second-order valence-corrected chi connectivity index (χ2v) is 6.37.